The third kappa shape index (κ3) is 5.71. The van der Waals surface area contributed by atoms with E-state index in [-0.39, 0.29) is 23.6 Å². The van der Waals surface area contributed by atoms with Crippen molar-refractivity contribution in [2.45, 2.75) is 32.6 Å². The second kappa shape index (κ2) is 10.1. The van der Waals surface area contributed by atoms with Crippen molar-refractivity contribution >= 4 is 34.7 Å². The molecule has 0 spiro atoms. The number of methoxy groups -OCH3 is 1. The fourth-order valence-electron chi connectivity index (χ4n) is 3.52. The van der Waals surface area contributed by atoms with E-state index in [4.69, 9.17) is 21.1 Å². The van der Waals surface area contributed by atoms with E-state index in [1.807, 2.05) is 24.3 Å². The van der Waals surface area contributed by atoms with Crippen LogP contribution in [0.4, 0.5) is 0 Å². The maximum Gasteiger partial charge on any atom is 0.348 e. The molecule has 1 unspecified atom stereocenters. The molecule has 4 nitrogen and oxygen atoms in total. The van der Waals surface area contributed by atoms with E-state index in [1.54, 1.807) is 18.2 Å². The Morgan fingerprint density at radius 3 is 2.83 bits per heavy atom. The Kier molecular flexibility index (Phi) is 7.51. The molecule has 1 aliphatic rings. The van der Waals surface area contributed by atoms with Crippen molar-refractivity contribution in [3.05, 3.63) is 62.8 Å². The van der Waals surface area contributed by atoms with Gasteiger partial charge in [0.1, 0.15) is 10.6 Å². The lowest BCUT2D eigenvalue weighted by atomic mass is 9.90. The van der Waals surface area contributed by atoms with E-state index in [0.29, 0.717) is 22.3 Å². The molecule has 1 aliphatic carbocycles. The molecule has 29 heavy (non-hydrogen) atoms. The van der Waals surface area contributed by atoms with Gasteiger partial charge >= 0.3 is 5.97 Å². The zero-order valence-corrected chi connectivity index (χ0v) is 18.2. The van der Waals surface area contributed by atoms with E-state index in [1.165, 1.54) is 18.4 Å². The number of benzene rings is 1. The zero-order chi connectivity index (χ0) is 20.8. The van der Waals surface area contributed by atoms with Crippen LogP contribution in [0.3, 0.4) is 0 Å². The van der Waals surface area contributed by atoms with Crippen LogP contribution in [0.25, 0.3) is 0 Å². The van der Waals surface area contributed by atoms with Crippen LogP contribution in [0.2, 0.25) is 5.02 Å². The first-order chi connectivity index (χ1) is 14.0. The van der Waals surface area contributed by atoms with Crippen molar-refractivity contribution in [2.75, 3.05) is 13.7 Å². The van der Waals surface area contributed by atoms with E-state index in [2.05, 4.69) is 6.92 Å². The Hall–Kier alpha value is -2.11. The van der Waals surface area contributed by atoms with Crippen molar-refractivity contribution in [3.8, 4) is 5.75 Å². The molecule has 0 aliphatic heterocycles. The molecule has 2 atom stereocenters. The Labute approximate surface area is 180 Å². The first-order valence-electron chi connectivity index (χ1n) is 9.81. The summed E-state index contributed by atoms with van der Waals surface area (Å²) in [6.45, 7) is 2.42. The number of hydrogen-bond acceptors (Lipinski definition) is 5. The largest absolute Gasteiger partial charge is 0.493 e. The molecule has 1 aromatic carbocycles. The number of esters is 1. The summed E-state index contributed by atoms with van der Waals surface area (Å²) < 4.78 is 10.7. The molecular formula is C23H25ClO4S. The lowest BCUT2D eigenvalue weighted by Crippen LogP contribution is -2.23. The van der Waals surface area contributed by atoms with Crippen molar-refractivity contribution in [1.29, 1.82) is 0 Å². The average Bonchev–Trinajstić information content (AvgIpc) is 3.32. The standard InChI is InChI=1S/C23H25ClO4S/c1-3-15-11-17(24)13-18(12-15)28-14-20-16(7-9-21(20)25)5-4-6-19-8-10-22(29-19)23(26)27-2/h7-13,16,20H,3-6,14H2,1-2H3/t16?,20-/m1/s1. The van der Waals surface area contributed by atoms with Crippen LogP contribution in [0.1, 0.15) is 39.9 Å². The van der Waals surface area contributed by atoms with Gasteiger partial charge in [-0.05, 0) is 73.6 Å². The molecule has 0 radical (unpaired) electrons. The maximum absolute atomic E-state index is 12.3. The van der Waals surface area contributed by atoms with Crippen molar-refractivity contribution in [1.82, 2.24) is 0 Å². The van der Waals surface area contributed by atoms with Gasteiger partial charge in [0.25, 0.3) is 0 Å². The van der Waals surface area contributed by atoms with Crippen LogP contribution in [0, 0.1) is 11.8 Å². The fraction of sp³-hybridized carbons (Fsp3) is 0.391. The van der Waals surface area contributed by atoms with Gasteiger partial charge in [0.2, 0.25) is 0 Å². The molecule has 1 heterocycles. The molecule has 2 aromatic rings. The number of thiophene rings is 1. The van der Waals surface area contributed by atoms with E-state index in [0.717, 1.165) is 36.1 Å². The number of rotatable bonds is 9. The van der Waals surface area contributed by atoms with E-state index in [9.17, 15) is 9.59 Å². The summed E-state index contributed by atoms with van der Waals surface area (Å²) in [5, 5.41) is 0.647. The van der Waals surface area contributed by atoms with Crippen LogP contribution >= 0.6 is 22.9 Å². The van der Waals surface area contributed by atoms with Crippen molar-refractivity contribution in [2.24, 2.45) is 11.8 Å². The minimum atomic E-state index is -0.296. The van der Waals surface area contributed by atoms with Gasteiger partial charge in [-0.2, -0.15) is 0 Å². The summed E-state index contributed by atoms with van der Waals surface area (Å²) in [6, 6.07) is 9.46. The predicted octanol–water partition coefficient (Wildman–Crippen LogP) is 5.52. The minimum absolute atomic E-state index is 0.122. The average molecular weight is 433 g/mol. The van der Waals surface area contributed by atoms with Crippen LogP contribution in [0.15, 0.2) is 42.5 Å². The summed E-state index contributed by atoms with van der Waals surface area (Å²) in [5.74, 6) is 0.550. The van der Waals surface area contributed by atoms with Gasteiger partial charge in [0.15, 0.2) is 5.78 Å². The maximum atomic E-state index is 12.3. The van der Waals surface area contributed by atoms with E-state index < -0.39 is 0 Å². The van der Waals surface area contributed by atoms with Gasteiger partial charge in [0.05, 0.1) is 19.6 Å². The molecule has 0 fully saturated rings. The first kappa shape index (κ1) is 21.6. The topological polar surface area (TPSA) is 52.6 Å². The number of carbonyl (C=O) groups is 2. The van der Waals surface area contributed by atoms with Gasteiger partial charge in [-0.15, -0.1) is 11.3 Å². The number of ketones is 1. The Bertz CT molecular complexity index is 902. The number of carbonyl (C=O) groups excluding carboxylic acids is 2. The highest BCUT2D eigenvalue weighted by molar-refractivity contribution is 7.13. The Morgan fingerprint density at radius 1 is 1.24 bits per heavy atom. The second-order valence-corrected chi connectivity index (χ2v) is 8.75. The van der Waals surface area contributed by atoms with Crippen LogP contribution < -0.4 is 4.74 Å². The van der Waals surface area contributed by atoms with Crippen molar-refractivity contribution < 1.29 is 19.1 Å². The molecule has 0 bridgehead atoms. The van der Waals surface area contributed by atoms with Gasteiger partial charge in [-0.25, -0.2) is 4.79 Å². The number of ether oxygens (including phenoxy) is 2. The Morgan fingerprint density at radius 2 is 2.07 bits per heavy atom. The quantitative estimate of drug-likeness (QED) is 0.489. The number of hydrogen-bond donors (Lipinski definition) is 0. The van der Waals surface area contributed by atoms with Crippen LogP contribution in [-0.4, -0.2) is 25.5 Å². The lowest BCUT2D eigenvalue weighted by Gasteiger charge is -2.19. The molecule has 0 saturated heterocycles. The van der Waals surface area contributed by atoms with Crippen molar-refractivity contribution in [3.63, 3.8) is 0 Å². The summed E-state index contributed by atoms with van der Waals surface area (Å²) >= 11 is 7.62. The van der Waals surface area contributed by atoms with Gasteiger partial charge in [-0.3, -0.25) is 4.79 Å². The SMILES string of the molecule is CCc1cc(Cl)cc(OC[C@H]2C(=O)C=CC2CCCc2ccc(C(=O)OC)s2)c1. The summed E-state index contributed by atoms with van der Waals surface area (Å²) in [5.41, 5.74) is 1.11. The van der Waals surface area contributed by atoms with Gasteiger partial charge in [0, 0.05) is 9.90 Å². The monoisotopic (exact) mass is 432 g/mol. The minimum Gasteiger partial charge on any atom is -0.493 e. The molecule has 0 N–H and O–H groups in total. The third-order valence-electron chi connectivity index (χ3n) is 5.17. The van der Waals surface area contributed by atoms with Crippen LogP contribution in [0.5, 0.6) is 5.75 Å². The molecule has 6 heteroatoms. The van der Waals surface area contributed by atoms with E-state index >= 15 is 0 Å². The molecular weight excluding hydrogens is 408 g/mol. The molecule has 3 rings (SSSR count). The van der Waals surface area contributed by atoms with Gasteiger partial charge < -0.3 is 9.47 Å². The molecule has 1 aromatic heterocycles. The first-order valence-corrected chi connectivity index (χ1v) is 11.0. The smallest absolute Gasteiger partial charge is 0.348 e. The Balaban J connectivity index is 1.52. The normalized spacial score (nSPS) is 18.2. The highest BCUT2D eigenvalue weighted by atomic mass is 35.5. The number of allylic oxidation sites excluding steroid dienone is 2. The van der Waals surface area contributed by atoms with Crippen LogP contribution in [-0.2, 0) is 22.4 Å². The third-order valence-corrected chi connectivity index (χ3v) is 6.51. The van der Waals surface area contributed by atoms with Gasteiger partial charge in [-0.1, -0.05) is 24.6 Å². The molecule has 154 valence electrons. The summed E-state index contributed by atoms with van der Waals surface area (Å²) in [4.78, 5) is 25.6. The number of halogens is 1. The predicted molar refractivity (Wildman–Crippen MR) is 116 cm³/mol. The zero-order valence-electron chi connectivity index (χ0n) is 16.7. The molecule has 0 amide bonds. The summed E-state index contributed by atoms with van der Waals surface area (Å²) in [6.07, 6.45) is 7.27. The highest BCUT2D eigenvalue weighted by Gasteiger charge is 2.30. The fourth-order valence-corrected chi connectivity index (χ4v) is 4.73. The lowest BCUT2D eigenvalue weighted by molar-refractivity contribution is -0.119. The number of aryl methyl sites for hydroxylation is 2. The second-order valence-electron chi connectivity index (χ2n) is 7.14. The summed E-state index contributed by atoms with van der Waals surface area (Å²) in [7, 11) is 1.39. The molecule has 0 saturated carbocycles. The highest BCUT2D eigenvalue weighted by Crippen LogP contribution is 2.30.